The quantitative estimate of drug-likeness (QED) is 0.793. The summed E-state index contributed by atoms with van der Waals surface area (Å²) in [5.74, 6) is 0. The molecule has 0 bridgehead atoms. The molecule has 1 N–H and O–H groups in total. The van der Waals surface area contributed by atoms with Gasteiger partial charge in [0.1, 0.15) is 0 Å². The number of aliphatic hydroxyl groups excluding tert-OH is 1. The molecule has 2 atom stereocenters. The average Bonchev–Trinajstić information content (AvgIpc) is 2.43. The average molecular weight is 307 g/mol. The van der Waals surface area contributed by atoms with Gasteiger partial charge in [-0.15, -0.1) is 0 Å². The first-order chi connectivity index (χ1) is 10.2. The minimum atomic E-state index is -0.460. The van der Waals surface area contributed by atoms with E-state index >= 15 is 0 Å². The summed E-state index contributed by atoms with van der Waals surface area (Å²) < 4.78 is 5.70. The topological polar surface area (TPSA) is 32.7 Å². The van der Waals surface area contributed by atoms with Crippen LogP contribution in [0, 0.1) is 6.92 Å². The Bertz CT molecular complexity index is 439. The molecule has 0 saturated carbocycles. The zero-order chi connectivity index (χ0) is 16.8. The van der Waals surface area contributed by atoms with Gasteiger partial charge in [-0.3, -0.25) is 4.90 Å². The molecule has 0 aliphatic heterocycles. The highest BCUT2D eigenvalue weighted by Crippen LogP contribution is 2.14. The highest BCUT2D eigenvalue weighted by atomic mass is 16.5. The van der Waals surface area contributed by atoms with Crippen LogP contribution in [0.5, 0.6) is 0 Å². The first kappa shape index (κ1) is 19.1. The Balaban J connectivity index is 2.64. The number of aryl methyl sites for hydroxylation is 1. The van der Waals surface area contributed by atoms with Gasteiger partial charge in [-0.1, -0.05) is 36.8 Å². The Kier molecular flexibility index (Phi) is 7.54. The lowest BCUT2D eigenvalue weighted by Gasteiger charge is -2.31. The Morgan fingerprint density at radius 3 is 2.50 bits per heavy atom. The summed E-state index contributed by atoms with van der Waals surface area (Å²) in [4.78, 5) is 2.34. The number of aliphatic hydroxyl groups is 1. The van der Waals surface area contributed by atoms with Gasteiger partial charge >= 0.3 is 0 Å². The predicted molar refractivity (Wildman–Crippen MR) is 93.1 cm³/mol. The molecule has 126 valence electrons. The zero-order valence-electron chi connectivity index (χ0n) is 15.1. The molecule has 22 heavy (non-hydrogen) atoms. The fourth-order valence-electron chi connectivity index (χ4n) is 2.37. The summed E-state index contributed by atoms with van der Waals surface area (Å²) in [7, 11) is 0. The summed E-state index contributed by atoms with van der Waals surface area (Å²) in [6.07, 6.45) is 0.608. The molecule has 0 fully saturated rings. The summed E-state index contributed by atoms with van der Waals surface area (Å²) >= 11 is 0. The van der Waals surface area contributed by atoms with Crippen LogP contribution in [0.2, 0.25) is 0 Å². The van der Waals surface area contributed by atoms with Crippen LogP contribution in [-0.2, 0) is 11.3 Å². The van der Waals surface area contributed by atoms with Crippen LogP contribution >= 0.6 is 0 Å². The van der Waals surface area contributed by atoms with Crippen molar-refractivity contribution in [2.24, 2.45) is 0 Å². The van der Waals surface area contributed by atoms with E-state index in [9.17, 15) is 5.11 Å². The van der Waals surface area contributed by atoms with Gasteiger partial charge in [0.15, 0.2) is 0 Å². The molecule has 0 spiro atoms. The van der Waals surface area contributed by atoms with Crippen molar-refractivity contribution >= 4 is 0 Å². The molecule has 0 amide bonds. The monoisotopic (exact) mass is 307 g/mol. The lowest BCUT2D eigenvalue weighted by Crippen LogP contribution is -2.41. The van der Waals surface area contributed by atoms with Crippen LogP contribution < -0.4 is 0 Å². The molecule has 1 aromatic carbocycles. The van der Waals surface area contributed by atoms with Crippen LogP contribution in [0.4, 0.5) is 0 Å². The molecule has 3 heteroatoms. The minimum absolute atomic E-state index is 0.210. The lowest BCUT2D eigenvalue weighted by molar-refractivity contribution is -0.0593. The fourth-order valence-corrected chi connectivity index (χ4v) is 2.37. The molecule has 0 saturated heterocycles. The molecule has 1 rings (SSSR count). The smallest absolute Gasteiger partial charge is 0.0900 e. The summed E-state index contributed by atoms with van der Waals surface area (Å²) in [6.45, 7) is 14.4. The number of ether oxygens (including phenoxy) is 1. The van der Waals surface area contributed by atoms with E-state index < -0.39 is 6.10 Å². The van der Waals surface area contributed by atoms with Crippen molar-refractivity contribution in [2.75, 3.05) is 13.2 Å². The maximum atomic E-state index is 10.3. The van der Waals surface area contributed by atoms with Crippen LogP contribution in [0.1, 0.15) is 52.2 Å². The van der Waals surface area contributed by atoms with Gasteiger partial charge < -0.3 is 9.84 Å². The van der Waals surface area contributed by atoms with E-state index in [-0.39, 0.29) is 5.60 Å². The summed E-state index contributed by atoms with van der Waals surface area (Å²) in [5.41, 5.74) is 2.36. The zero-order valence-corrected chi connectivity index (χ0v) is 15.1. The number of hydrogen-bond donors (Lipinski definition) is 1. The Morgan fingerprint density at radius 1 is 1.27 bits per heavy atom. The highest BCUT2D eigenvalue weighted by molar-refractivity contribution is 5.22. The molecule has 0 radical (unpaired) electrons. The van der Waals surface area contributed by atoms with Crippen molar-refractivity contribution in [1.29, 1.82) is 0 Å². The molecule has 0 aromatic heterocycles. The molecule has 0 aliphatic rings. The van der Waals surface area contributed by atoms with Crippen molar-refractivity contribution in [2.45, 2.75) is 72.3 Å². The second-order valence-electron chi connectivity index (χ2n) is 7.25. The maximum absolute atomic E-state index is 10.3. The van der Waals surface area contributed by atoms with Gasteiger partial charge in [-0.25, -0.2) is 0 Å². The second kappa shape index (κ2) is 8.66. The van der Waals surface area contributed by atoms with Gasteiger partial charge in [0.25, 0.3) is 0 Å². The molecular formula is C19H33NO2. The van der Waals surface area contributed by atoms with Crippen LogP contribution in [-0.4, -0.2) is 40.9 Å². The van der Waals surface area contributed by atoms with Crippen molar-refractivity contribution in [3.63, 3.8) is 0 Å². The van der Waals surface area contributed by atoms with E-state index in [2.05, 4.69) is 49.9 Å². The standard InChI is InChI=1S/C19H33NO2/c1-7-16(3)20(12-17-10-8-9-15(2)11-17)13-18(21)14-22-19(4,5)6/h8-11,16,18,21H,7,12-14H2,1-6H3. The van der Waals surface area contributed by atoms with Crippen LogP contribution in [0.3, 0.4) is 0 Å². The molecule has 0 heterocycles. The van der Waals surface area contributed by atoms with Gasteiger partial charge in [0.05, 0.1) is 18.3 Å². The molecular weight excluding hydrogens is 274 g/mol. The van der Waals surface area contributed by atoms with E-state index in [0.29, 0.717) is 19.2 Å². The third-order valence-electron chi connectivity index (χ3n) is 3.84. The van der Waals surface area contributed by atoms with Crippen LogP contribution in [0.25, 0.3) is 0 Å². The third kappa shape index (κ3) is 7.39. The van der Waals surface area contributed by atoms with Gasteiger partial charge in [0.2, 0.25) is 0 Å². The number of benzene rings is 1. The number of rotatable bonds is 8. The minimum Gasteiger partial charge on any atom is -0.389 e. The van der Waals surface area contributed by atoms with E-state index in [1.165, 1.54) is 11.1 Å². The van der Waals surface area contributed by atoms with E-state index in [1.807, 2.05) is 20.8 Å². The SMILES string of the molecule is CCC(C)N(Cc1cccc(C)c1)CC(O)COC(C)(C)C. The van der Waals surface area contributed by atoms with Gasteiger partial charge in [0, 0.05) is 19.1 Å². The summed E-state index contributed by atoms with van der Waals surface area (Å²) in [6, 6.07) is 9.01. The molecule has 1 aromatic rings. The van der Waals surface area contributed by atoms with E-state index in [4.69, 9.17) is 4.74 Å². The van der Waals surface area contributed by atoms with Crippen molar-refractivity contribution in [3.8, 4) is 0 Å². The molecule has 3 nitrogen and oxygen atoms in total. The second-order valence-corrected chi connectivity index (χ2v) is 7.25. The predicted octanol–water partition coefficient (Wildman–Crippen LogP) is 3.77. The maximum Gasteiger partial charge on any atom is 0.0900 e. The molecule has 0 aliphatic carbocycles. The van der Waals surface area contributed by atoms with Crippen molar-refractivity contribution in [3.05, 3.63) is 35.4 Å². The Labute approximate surface area is 136 Å². The first-order valence-electron chi connectivity index (χ1n) is 8.33. The molecule has 2 unspecified atom stereocenters. The van der Waals surface area contributed by atoms with E-state index in [0.717, 1.165) is 13.0 Å². The first-order valence-corrected chi connectivity index (χ1v) is 8.33. The normalized spacial score (nSPS) is 15.1. The van der Waals surface area contributed by atoms with E-state index in [1.54, 1.807) is 0 Å². The fraction of sp³-hybridized carbons (Fsp3) is 0.684. The van der Waals surface area contributed by atoms with Crippen molar-refractivity contribution in [1.82, 2.24) is 4.90 Å². The number of nitrogens with zero attached hydrogens (tertiary/aromatic N) is 1. The Hall–Kier alpha value is -0.900. The van der Waals surface area contributed by atoms with Crippen molar-refractivity contribution < 1.29 is 9.84 Å². The third-order valence-corrected chi connectivity index (χ3v) is 3.84. The van der Waals surface area contributed by atoms with Gasteiger partial charge in [-0.05, 0) is 46.6 Å². The summed E-state index contributed by atoms with van der Waals surface area (Å²) in [5, 5.41) is 10.3. The lowest BCUT2D eigenvalue weighted by atomic mass is 10.1. The highest BCUT2D eigenvalue weighted by Gasteiger charge is 2.19. The number of hydrogen-bond acceptors (Lipinski definition) is 3. The Morgan fingerprint density at radius 2 is 1.95 bits per heavy atom. The largest absolute Gasteiger partial charge is 0.389 e. The van der Waals surface area contributed by atoms with Gasteiger partial charge in [-0.2, -0.15) is 0 Å². The van der Waals surface area contributed by atoms with Crippen LogP contribution in [0.15, 0.2) is 24.3 Å².